The SMILES string of the molecule is CCCCc1cc2ccccc2c(OCC[N+](C)(C)c2c(NS(=O)(=O)c3cc4ccccc4o3)cc(Cl)cc2S(N)(=O)=O)n1. The maximum Gasteiger partial charge on any atom is 0.295 e. The first-order chi connectivity index (χ1) is 20.8. The number of hydrogen-bond donors (Lipinski definition) is 2. The molecular formula is C31H34ClN4O6S2+. The van der Waals surface area contributed by atoms with E-state index in [1.807, 2.05) is 24.3 Å². The number of quaternary nitrogens is 1. The molecule has 10 nitrogen and oxygen atoms in total. The van der Waals surface area contributed by atoms with Crippen molar-refractivity contribution in [2.24, 2.45) is 5.14 Å². The van der Waals surface area contributed by atoms with Crippen LogP contribution in [0.15, 0.2) is 87.2 Å². The van der Waals surface area contributed by atoms with Gasteiger partial charge in [-0.2, -0.15) is 8.42 Å². The number of halogens is 1. The zero-order valence-corrected chi connectivity index (χ0v) is 27.0. The van der Waals surface area contributed by atoms with Gasteiger partial charge in [-0.25, -0.2) is 18.5 Å². The molecule has 0 atom stereocenters. The number of ether oxygens (including phenoxy) is 1. The van der Waals surface area contributed by atoms with Crippen molar-refractivity contribution >= 4 is 64.8 Å². The fourth-order valence-electron chi connectivity index (χ4n) is 5.08. The van der Waals surface area contributed by atoms with E-state index in [1.54, 1.807) is 38.4 Å². The molecule has 0 spiro atoms. The number of primary sulfonamides is 1. The number of likely N-dealkylation sites (N-methyl/N-ethyl adjacent to an activating group) is 1. The Balaban J connectivity index is 1.49. The molecule has 0 saturated heterocycles. The number of anilines is 1. The van der Waals surface area contributed by atoms with Gasteiger partial charge in [-0.15, -0.1) is 0 Å². The third-order valence-electron chi connectivity index (χ3n) is 7.30. The molecule has 2 heterocycles. The lowest BCUT2D eigenvalue weighted by Gasteiger charge is -2.32. The van der Waals surface area contributed by atoms with Crippen molar-refractivity contribution in [3.05, 3.63) is 83.5 Å². The number of nitrogens with one attached hydrogen (secondary N) is 1. The van der Waals surface area contributed by atoms with Crippen LogP contribution in [0.1, 0.15) is 25.5 Å². The maximum absolute atomic E-state index is 13.5. The number of furan rings is 1. The zero-order valence-electron chi connectivity index (χ0n) is 24.6. The van der Waals surface area contributed by atoms with E-state index in [2.05, 4.69) is 17.7 Å². The Morgan fingerprint density at radius 3 is 2.39 bits per heavy atom. The Hall–Kier alpha value is -3.68. The molecule has 0 radical (unpaired) electrons. The van der Waals surface area contributed by atoms with Crippen LogP contribution in [0.2, 0.25) is 5.02 Å². The molecule has 0 unspecified atom stereocenters. The van der Waals surface area contributed by atoms with Crippen LogP contribution < -0.4 is 19.1 Å². The zero-order chi connectivity index (χ0) is 31.7. The molecule has 3 aromatic carbocycles. The molecule has 0 aliphatic carbocycles. The fraction of sp³-hybridized carbons (Fsp3) is 0.258. The second kappa shape index (κ2) is 12.4. The number of aromatic nitrogens is 1. The van der Waals surface area contributed by atoms with Gasteiger partial charge in [0.15, 0.2) is 5.69 Å². The molecule has 0 fully saturated rings. The summed E-state index contributed by atoms with van der Waals surface area (Å²) in [5.41, 5.74) is 1.34. The van der Waals surface area contributed by atoms with Gasteiger partial charge in [-0.3, -0.25) is 9.21 Å². The van der Waals surface area contributed by atoms with Crippen LogP contribution in [0.4, 0.5) is 11.4 Å². The molecule has 5 aromatic rings. The Morgan fingerprint density at radius 1 is 0.977 bits per heavy atom. The van der Waals surface area contributed by atoms with Crippen molar-refractivity contribution in [2.45, 2.75) is 36.2 Å². The minimum Gasteiger partial charge on any atom is -0.471 e. The van der Waals surface area contributed by atoms with Gasteiger partial charge in [-0.05, 0) is 48.6 Å². The van der Waals surface area contributed by atoms with Crippen LogP contribution in [-0.2, 0) is 26.5 Å². The second-order valence-corrected chi connectivity index (χ2v) is 14.6. The van der Waals surface area contributed by atoms with Gasteiger partial charge in [0.2, 0.25) is 21.0 Å². The Kier molecular flexibility index (Phi) is 8.92. The van der Waals surface area contributed by atoms with Gasteiger partial charge in [0.1, 0.15) is 29.3 Å². The second-order valence-electron chi connectivity index (χ2n) is 11.1. The quantitative estimate of drug-likeness (QED) is 0.155. The van der Waals surface area contributed by atoms with Gasteiger partial charge >= 0.3 is 0 Å². The molecular weight excluding hydrogens is 624 g/mol. The van der Waals surface area contributed by atoms with Gasteiger partial charge in [-0.1, -0.05) is 61.3 Å². The van der Waals surface area contributed by atoms with Crippen LogP contribution in [-0.4, -0.2) is 49.1 Å². The number of hydrogen-bond acceptors (Lipinski definition) is 7. The first-order valence-corrected chi connectivity index (χ1v) is 17.4. The van der Waals surface area contributed by atoms with E-state index in [0.29, 0.717) is 16.8 Å². The molecule has 232 valence electrons. The monoisotopic (exact) mass is 657 g/mol. The van der Waals surface area contributed by atoms with Crippen molar-refractivity contribution in [3.8, 4) is 5.88 Å². The summed E-state index contributed by atoms with van der Waals surface area (Å²) in [4.78, 5) is 4.43. The van der Waals surface area contributed by atoms with Gasteiger partial charge in [0.05, 0.1) is 14.1 Å². The van der Waals surface area contributed by atoms with Crippen molar-refractivity contribution < 1.29 is 26.0 Å². The third kappa shape index (κ3) is 6.84. The number of rotatable bonds is 12. The first kappa shape index (κ1) is 31.7. The number of aryl methyl sites for hydroxylation is 1. The molecule has 0 saturated carbocycles. The molecule has 2 aromatic heterocycles. The van der Waals surface area contributed by atoms with Crippen LogP contribution in [0.3, 0.4) is 0 Å². The Morgan fingerprint density at radius 2 is 1.68 bits per heavy atom. The number of nitrogens with two attached hydrogens (primary N) is 1. The van der Waals surface area contributed by atoms with E-state index in [0.717, 1.165) is 35.7 Å². The summed E-state index contributed by atoms with van der Waals surface area (Å²) in [6.07, 6.45) is 2.84. The summed E-state index contributed by atoms with van der Waals surface area (Å²) >= 11 is 6.29. The molecule has 13 heteroatoms. The van der Waals surface area contributed by atoms with Crippen LogP contribution in [0.5, 0.6) is 5.88 Å². The molecule has 3 N–H and O–H groups in total. The Bertz CT molecular complexity index is 2030. The van der Waals surface area contributed by atoms with E-state index in [1.165, 1.54) is 18.2 Å². The largest absolute Gasteiger partial charge is 0.471 e. The number of fused-ring (bicyclic) bond motifs is 2. The van der Waals surface area contributed by atoms with Crippen LogP contribution >= 0.6 is 11.6 Å². The number of benzene rings is 3. The lowest BCUT2D eigenvalue weighted by molar-refractivity contribution is 0.254. The van der Waals surface area contributed by atoms with E-state index >= 15 is 0 Å². The highest BCUT2D eigenvalue weighted by Crippen LogP contribution is 2.40. The van der Waals surface area contributed by atoms with Gasteiger partial charge < -0.3 is 9.15 Å². The minimum atomic E-state index is -4.33. The fourth-order valence-corrected chi connectivity index (χ4v) is 7.30. The lowest BCUT2D eigenvalue weighted by Crippen LogP contribution is -2.45. The molecule has 5 rings (SSSR count). The van der Waals surface area contributed by atoms with Gasteiger partial charge in [0.25, 0.3) is 10.0 Å². The van der Waals surface area contributed by atoms with Crippen LogP contribution in [0, 0.1) is 0 Å². The van der Waals surface area contributed by atoms with Crippen molar-refractivity contribution in [2.75, 3.05) is 32.0 Å². The number of nitrogens with zero attached hydrogens (tertiary/aromatic N) is 2. The maximum atomic E-state index is 13.5. The van der Waals surface area contributed by atoms with Gasteiger partial charge in [0, 0.05) is 27.6 Å². The highest BCUT2D eigenvalue weighted by atomic mass is 35.5. The standard InChI is InChI=1S/C31H34ClN4O6S2/c1-4-5-12-24-17-21-10-6-8-13-25(21)31(34-24)41-16-15-36(2,3)30-26(19-23(32)20-28(30)43(33,37)38)35-44(39,40)29-18-22-11-7-9-14-27(22)42-29/h6-11,13-14,17-20,35H,4-5,12,15-16H2,1-3H3,(H2,33,37,38)/q+1. The topological polar surface area (TPSA) is 142 Å². The summed E-state index contributed by atoms with van der Waals surface area (Å²) in [5.74, 6) is 0.475. The Labute approximate surface area is 262 Å². The van der Waals surface area contributed by atoms with Crippen molar-refractivity contribution in [1.29, 1.82) is 0 Å². The third-order valence-corrected chi connectivity index (χ3v) is 9.66. The van der Waals surface area contributed by atoms with E-state index < -0.39 is 20.0 Å². The summed E-state index contributed by atoms with van der Waals surface area (Å²) in [5, 5.41) is 7.73. The van der Waals surface area contributed by atoms with Crippen molar-refractivity contribution in [3.63, 3.8) is 0 Å². The van der Waals surface area contributed by atoms with Crippen molar-refractivity contribution in [1.82, 2.24) is 9.47 Å². The van der Waals surface area contributed by atoms with E-state index in [9.17, 15) is 16.8 Å². The lowest BCUT2D eigenvalue weighted by atomic mass is 10.1. The van der Waals surface area contributed by atoms with E-state index in [4.69, 9.17) is 30.9 Å². The smallest absolute Gasteiger partial charge is 0.295 e. The minimum absolute atomic E-state index is 0.0177. The highest BCUT2D eigenvalue weighted by molar-refractivity contribution is 7.92. The first-order valence-electron chi connectivity index (χ1n) is 14.0. The number of pyridine rings is 1. The summed E-state index contributed by atoms with van der Waals surface area (Å²) < 4.78 is 66.7. The molecule has 0 aliphatic heterocycles. The average Bonchev–Trinajstić information content (AvgIpc) is 3.40. The van der Waals surface area contributed by atoms with Crippen LogP contribution in [0.25, 0.3) is 21.7 Å². The molecule has 0 aliphatic rings. The summed E-state index contributed by atoms with van der Waals surface area (Å²) in [6, 6.07) is 20.7. The molecule has 44 heavy (non-hydrogen) atoms. The normalized spacial score (nSPS) is 12.6. The number of unbranched alkanes of at least 4 members (excludes halogenated alkanes) is 1. The molecule has 0 bridgehead atoms. The predicted octanol–water partition coefficient (Wildman–Crippen LogP) is 6.07. The number of para-hydroxylation sites is 1. The molecule has 0 amide bonds. The summed E-state index contributed by atoms with van der Waals surface area (Å²) in [7, 11) is -5.18. The predicted molar refractivity (Wildman–Crippen MR) is 174 cm³/mol. The summed E-state index contributed by atoms with van der Waals surface area (Å²) in [6.45, 7) is 2.47. The highest BCUT2D eigenvalue weighted by Gasteiger charge is 2.34. The number of sulfonamides is 2. The van der Waals surface area contributed by atoms with E-state index in [-0.39, 0.29) is 44.0 Å². The average molecular weight is 658 g/mol.